The molecule has 6 rings (SSSR count). The van der Waals surface area contributed by atoms with E-state index in [2.05, 4.69) is 0 Å². The van der Waals surface area contributed by atoms with E-state index in [9.17, 15) is 60.3 Å². The van der Waals surface area contributed by atoms with Gasteiger partial charge in [0.15, 0.2) is 12.6 Å². The Bertz CT molecular complexity index is 1420. The smallest absolute Gasteiger partial charge is 0.330 e. The second kappa shape index (κ2) is 20.6. The molecule has 6 fully saturated rings. The first-order valence-electron chi connectivity index (χ1n) is 20.7. The number of aliphatic hydroxyl groups excluding tert-OH is 9. The molecule has 6 aliphatic rings. The minimum absolute atomic E-state index is 0.0130. The lowest BCUT2D eigenvalue weighted by atomic mass is 9.73. The van der Waals surface area contributed by atoms with Crippen molar-refractivity contribution in [2.24, 2.45) is 17.8 Å². The number of ether oxygens (including phenoxy) is 7. The summed E-state index contributed by atoms with van der Waals surface area (Å²) >= 11 is 0. The van der Waals surface area contributed by atoms with Gasteiger partial charge in [-0.25, -0.2) is 4.79 Å². The molecule has 10 N–H and O–H groups in total. The van der Waals surface area contributed by atoms with Crippen LogP contribution in [0.25, 0.3) is 0 Å². The SMILES string of the molecule is O=C(O)CC(=O)OC[C@H]1O[C@@H](OC2CC(O)CC3OC(C4CCC(O)CC4)C(O[C@@H]4O[C@H](COC(=O)C=CC5CCC(O)CC5)[C@@H](O)[C@H](O)[C@H]4O)CC32)[C@H](O)[C@@H](O)[C@@H]1O. The monoisotopic (exact) mass is 848 g/mol. The second-order valence-electron chi connectivity index (χ2n) is 16.9. The van der Waals surface area contributed by atoms with E-state index in [0.29, 0.717) is 38.5 Å². The molecule has 6 unspecified atom stereocenters. The van der Waals surface area contributed by atoms with Crippen molar-refractivity contribution in [1.29, 1.82) is 0 Å². The normalized spacial score (nSPS) is 45.6. The lowest BCUT2D eigenvalue weighted by Gasteiger charge is -2.52. The number of fused-ring (bicyclic) bond motifs is 1. The van der Waals surface area contributed by atoms with Crippen LogP contribution in [0, 0.1) is 17.8 Å². The number of hydrogen-bond donors (Lipinski definition) is 10. The minimum Gasteiger partial charge on any atom is -0.481 e. The molecule has 0 aromatic heterocycles. The third-order valence-electron chi connectivity index (χ3n) is 12.7. The van der Waals surface area contributed by atoms with Crippen LogP contribution in [0.1, 0.15) is 77.0 Å². The number of rotatable bonds is 13. The van der Waals surface area contributed by atoms with Crippen molar-refractivity contribution < 1.29 is 98.6 Å². The minimum atomic E-state index is -1.83. The molecule has 3 aliphatic carbocycles. The Morgan fingerprint density at radius 1 is 0.576 bits per heavy atom. The average molecular weight is 849 g/mol. The van der Waals surface area contributed by atoms with Crippen molar-refractivity contribution >= 4 is 17.9 Å². The largest absolute Gasteiger partial charge is 0.481 e. The van der Waals surface area contributed by atoms with Gasteiger partial charge in [-0.05, 0) is 76.0 Å². The maximum absolute atomic E-state index is 12.6. The number of esters is 2. The van der Waals surface area contributed by atoms with Crippen molar-refractivity contribution in [3.63, 3.8) is 0 Å². The fourth-order valence-corrected chi connectivity index (χ4v) is 9.26. The van der Waals surface area contributed by atoms with Crippen LogP contribution < -0.4 is 0 Å². The highest BCUT2D eigenvalue weighted by molar-refractivity contribution is 5.90. The first kappa shape index (κ1) is 46.1. The maximum Gasteiger partial charge on any atom is 0.330 e. The van der Waals surface area contributed by atoms with Crippen molar-refractivity contribution in [2.75, 3.05) is 13.2 Å². The first-order chi connectivity index (χ1) is 28.1. The zero-order valence-electron chi connectivity index (χ0n) is 32.7. The molecule has 3 heterocycles. The zero-order valence-corrected chi connectivity index (χ0v) is 32.7. The van der Waals surface area contributed by atoms with Crippen LogP contribution in [0.3, 0.4) is 0 Å². The Labute approximate surface area is 340 Å². The summed E-state index contributed by atoms with van der Waals surface area (Å²) in [5.41, 5.74) is 0. The van der Waals surface area contributed by atoms with Gasteiger partial charge in [-0.2, -0.15) is 0 Å². The fourth-order valence-electron chi connectivity index (χ4n) is 9.26. The van der Waals surface area contributed by atoms with Gasteiger partial charge in [-0.15, -0.1) is 0 Å². The first-order valence-corrected chi connectivity index (χ1v) is 20.7. The van der Waals surface area contributed by atoms with Crippen molar-refractivity contribution in [3.05, 3.63) is 12.2 Å². The average Bonchev–Trinajstić information content (AvgIpc) is 3.20. The number of carbonyl (C=O) groups is 3. The Kier molecular flexibility index (Phi) is 16.1. The molecule has 59 heavy (non-hydrogen) atoms. The Morgan fingerprint density at radius 2 is 1.12 bits per heavy atom. The summed E-state index contributed by atoms with van der Waals surface area (Å²) in [5, 5.41) is 105. The number of aliphatic hydroxyl groups is 9. The highest BCUT2D eigenvalue weighted by Crippen LogP contribution is 2.45. The van der Waals surface area contributed by atoms with Gasteiger partial charge in [0.1, 0.15) is 68.5 Å². The number of allylic oxidation sites excluding steroid dienone is 1. The van der Waals surface area contributed by atoms with E-state index in [4.69, 9.17) is 38.3 Å². The van der Waals surface area contributed by atoms with Crippen molar-refractivity contribution in [2.45, 2.75) is 181 Å². The molecular formula is C39H60O20. The van der Waals surface area contributed by atoms with Gasteiger partial charge in [0, 0.05) is 18.4 Å². The molecule has 3 saturated heterocycles. The van der Waals surface area contributed by atoms with Crippen LogP contribution in [0.4, 0.5) is 0 Å². The number of aliphatic carboxylic acids is 1. The Hall–Kier alpha value is -2.41. The van der Waals surface area contributed by atoms with E-state index in [1.54, 1.807) is 6.08 Å². The number of hydrogen-bond acceptors (Lipinski definition) is 19. The summed E-state index contributed by atoms with van der Waals surface area (Å²) in [5.74, 6) is -3.88. The van der Waals surface area contributed by atoms with Gasteiger partial charge in [-0.1, -0.05) is 6.08 Å². The van der Waals surface area contributed by atoms with E-state index in [0.717, 1.165) is 12.8 Å². The zero-order chi connectivity index (χ0) is 42.5. The maximum atomic E-state index is 12.6. The molecule has 0 aromatic carbocycles. The summed E-state index contributed by atoms with van der Waals surface area (Å²) in [4.78, 5) is 35.3. The summed E-state index contributed by atoms with van der Waals surface area (Å²) in [6, 6.07) is 0. The number of carboxylic acid groups (broad SMARTS) is 1. The van der Waals surface area contributed by atoms with Gasteiger partial charge >= 0.3 is 17.9 Å². The predicted molar refractivity (Wildman–Crippen MR) is 194 cm³/mol. The highest BCUT2D eigenvalue weighted by Gasteiger charge is 2.54. The lowest BCUT2D eigenvalue weighted by Crippen LogP contribution is -2.63. The molecule has 3 saturated carbocycles. The molecular weight excluding hydrogens is 788 g/mol. The predicted octanol–water partition coefficient (Wildman–Crippen LogP) is -2.48. The lowest BCUT2D eigenvalue weighted by molar-refractivity contribution is -0.344. The van der Waals surface area contributed by atoms with Crippen molar-refractivity contribution in [1.82, 2.24) is 0 Å². The van der Waals surface area contributed by atoms with Crippen LogP contribution in [0.2, 0.25) is 0 Å². The number of carboxylic acids is 1. The fraction of sp³-hybridized carbons (Fsp3) is 0.872. The van der Waals surface area contributed by atoms with Gasteiger partial charge in [-0.3, -0.25) is 9.59 Å². The van der Waals surface area contributed by atoms with E-state index < -0.39 is 141 Å². The third-order valence-corrected chi connectivity index (χ3v) is 12.7. The van der Waals surface area contributed by atoms with E-state index in [1.807, 2.05) is 0 Å². The summed E-state index contributed by atoms with van der Waals surface area (Å²) in [7, 11) is 0. The van der Waals surface area contributed by atoms with E-state index >= 15 is 0 Å². The molecule has 20 heteroatoms. The van der Waals surface area contributed by atoms with Crippen molar-refractivity contribution in [3.8, 4) is 0 Å². The Morgan fingerprint density at radius 3 is 1.69 bits per heavy atom. The van der Waals surface area contributed by atoms with E-state index in [-0.39, 0.29) is 37.2 Å². The van der Waals surface area contributed by atoms with Gasteiger partial charge in [0.05, 0.1) is 42.7 Å². The topological polar surface area (TPSA) is 318 Å². The number of carbonyl (C=O) groups excluding carboxylic acids is 2. The summed E-state index contributed by atoms with van der Waals surface area (Å²) in [6.45, 7) is -1.15. The molecule has 3 aliphatic heterocycles. The summed E-state index contributed by atoms with van der Waals surface area (Å²) < 4.78 is 41.2. The third kappa shape index (κ3) is 11.7. The van der Waals surface area contributed by atoms with Crippen LogP contribution in [-0.4, -0.2) is 186 Å². The quantitative estimate of drug-likeness (QED) is 0.0521. The van der Waals surface area contributed by atoms with Gasteiger partial charge in [0.2, 0.25) is 0 Å². The molecule has 0 bridgehead atoms. The van der Waals surface area contributed by atoms with Crippen LogP contribution >= 0.6 is 0 Å². The standard InChI is InChI=1S/C39H60O20/c40-19-6-1-17(2-7-19)3-10-29(45)53-15-26-31(47)34(50)36(52)39(59-26)57-25-13-22-23(55-37(25)18-4-8-20(41)9-5-18)11-21(42)12-24(22)56-38-35(51)33(49)32(48)27(58-38)16-54-30(46)14-28(43)44/h3,10,17-27,31-42,47-52H,1-2,4-9,11-16H2,(H,43,44)/t17?,18?,19?,20?,21?,22?,23?,24?,25?,26-,27-,31-,32-,33+,34+,35-,36-,37?,38-,39-/m1/s1. The van der Waals surface area contributed by atoms with Gasteiger partial charge in [0.25, 0.3) is 0 Å². The van der Waals surface area contributed by atoms with Crippen LogP contribution in [-0.2, 0) is 47.5 Å². The molecule has 0 radical (unpaired) electrons. The molecule has 336 valence electrons. The molecule has 0 aromatic rings. The molecule has 0 amide bonds. The molecule has 0 spiro atoms. The van der Waals surface area contributed by atoms with E-state index in [1.165, 1.54) is 6.08 Å². The highest BCUT2D eigenvalue weighted by atomic mass is 16.7. The molecule has 20 nitrogen and oxygen atoms in total. The van der Waals surface area contributed by atoms with Crippen LogP contribution in [0.15, 0.2) is 12.2 Å². The van der Waals surface area contributed by atoms with Gasteiger partial charge < -0.3 is 84.2 Å². The van der Waals surface area contributed by atoms with Crippen LogP contribution in [0.5, 0.6) is 0 Å². The summed E-state index contributed by atoms with van der Waals surface area (Å²) in [6.07, 6.45) is -14.0. The second-order valence-corrected chi connectivity index (χ2v) is 16.9. The molecule has 16 atom stereocenters. The Balaban J connectivity index is 1.15.